The summed E-state index contributed by atoms with van der Waals surface area (Å²) in [5, 5.41) is 41.1. The number of aromatic hydroxyl groups is 2. The first-order valence-electron chi connectivity index (χ1n) is 28.3. The molecule has 492 valence electrons. The maximum absolute atomic E-state index is 12.4. The van der Waals surface area contributed by atoms with Crippen molar-refractivity contribution in [1.29, 1.82) is 0 Å². The molecule has 1 aromatic heterocycles. The Kier molecular flexibility index (Phi) is 32.6. The topological polar surface area (TPSA) is 350 Å². The molecule has 0 aliphatic carbocycles. The van der Waals surface area contributed by atoms with E-state index in [1.54, 1.807) is 71.9 Å². The highest BCUT2D eigenvalue weighted by Crippen LogP contribution is 2.22. The number of carboxylic acids is 2. The number of aromatic carboxylic acids is 2. The number of nitrogens with zero attached hydrogens (tertiary/aromatic N) is 2. The highest BCUT2D eigenvalue weighted by molar-refractivity contribution is 7.92. The molecule has 0 spiro atoms. The Morgan fingerprint density at radius 3 is 1.11 bits per heavy atom. The molecule has 0 fully saturated rings. The Labute approximate surface area is 548 Å². The average Bonchev–Trinajstić information content (AvgIpc) is 0.900. The van der Waals surface area contributed by atoms with Crippen molar-refractivity contribution in [2.45, 2.75) is 89.9 Å². The summed E-state index contributed by atoms with van der Waals surface area (Å²) in [6, 6.07) is 41.2. The van der Waals surface area contributed by atoms with Gasteiger partial charge in [0.25, 0.3) is 10.0 Å². The van der Waals surface area contributed by atoms with Gasteiger partial charge >= 0.3 is 11.9 Å². The van der Waals surface area contributed by atoms with E-state index >= 15 is 0 Å². The van der Waals surface area contributed by atoms with E-state index in [0.29, 0.717) is 57.6 Å². The molecule has 0 saturated carbocycles. The number of hydrogen-bond donors (Lipinski definition) is 6. The molecular weight excluding hydrogens is 1240 g/mol. The lowest BCUT2D eigenvalue weighted by Gasteiger charge is -2.08. The van der Waals surface area contributed by atoms with E-state index in [4.69, 9.17) is 15.4 Å². The normalized spacial score (nSPS) is 10.2. The number of hydrogen-bond acceptors (Lipinski definition) is 16. The van der Waals surface area contributed by atoms with Gasteiger partial charge in [0.1, 0.15) is 22.6 Å². The number of carbonyl (C=O) groups excluding carboxylic acids is 6. The maximum atomic E-state index is 12.4. The molecule has 0 amide bonds. The Balaban J connectivity index is 0.000000392. The first-order chi connectivity index (χ1) is 44.0. The summed E-state index contributed by atoms with van der Waals surface area (Å²) in [6.07, 6.45) is 4.26. The van der Waals surface area contributed by atoms with Gasteiger partial charge in [0.05, 0.1) is 9.79 Å². The monoisotopic (exact) mass is 1320 g/mol. The van der Waals surface area contributed by atoms with Gasteiger partial charge in [0.2, 0.25) is 16.0 Å². The molecule has 0 aliphatic heterocycles. The van der Waals surface area contributed by atoms with Crippen LogP contribution in [0.3, 0.4) is 0 Å². The van der Waals surface area contributed by atoms with Gasteiger partial charge in [-0.05, 0) is 164 Å². The minimum absolute atomic E-state index is 0.0361. The third kappa shape index (κ3) is 29.8. The van der Waals surface area contributed by atoms with E-state index in [1.165, 1.54) is 72.8 Å². The smallest absolute Gasteiger partial charge is 0.339 e. The number of anilines is 1. The van der Waals surface area contributed by atoms with Gasteiger partial charge in [-0.1, -0.05) is 137 Å². The van der Waals surface area contributed by atoms with Gasteiger partial charge in [0, 0.05) is 49.9 Å². The van der Waals surface area contributed by atoms with Crippen LogP contribution in [0.5, 0.6) is 11.5 Å². The van der Waals surface area contributed by atoms with E-state index < -0.39 is 32.0 Å². The molecule has 7 aromatic rings. The van der Waals surface area contributed by atoms with Crippen molar-refractivity contribution < 1.29 is 75.6 Å². The minimum Gasteiger partial charge on any atom is -0.507 e. The number of aromatic nitrogens is 2. The number of benzene rings is 6. The summed E-state index contributed by atoms with van der Waals surface area (Å²) in [4.78, 5) is 97.0. The molecule has 0 radical (unpaired) electrons. The zero-order valence-corrected chi connectivity index (χ0v) is 54.7. The molecule has 22 heteroatoms. The first-order valence-corrected chi connectivity index (χ1v) is 31.3. The molecule has 0 bridgehead atoms. The van der Waals surface area contributed by atoms with E-state index in [1.807, 2.05) is 60.7 Å². The number of ketones is 6. The van der Waals surface area contributed by atoms with Gasteiger partial charge in [-0.25, -0.2) is 46.3 Å². The van der Waals surface area contributed by atoms with E-state index in [-0.39, 0.29) is 98.7 Å². The van der Waals surface area contributed by atoms with Crippen LogP contribution in [0.2, 0.25) is 0 Å². The molecule has 0 aliphatic rings. The molecule has 0 unspecified atom stereocenters. The molecule has 6 aromatic carbocycles. The van der Waals surface area contributed by atoms with Crippen LogP contribution in [0.15, 0.2) is 235 Å². The van der Waals surface area contributed by atoms with Crippen LogP contribution in [-0.2, 0) is 87.3 Å². The Morgan fingerprint density at radius 1 is 0.436 bits per heavy atom. The number of aryl methyl sites for hydroxylation is 2. The number of Topliss-reactive ketones (excluding diaryl/α,β-unsaturated/α-hetero) is 4. The fraction of sp³-hybridized carbons (Fsp3) is 0.167. The molecule has 94 heavy (non-hydrogen) atoms. The molecule has 7 N–H and O–H groups in total. The van der Waals surface area contributed by atoms with Crippen molar-refractivity contribution in [3.8, 4) is 11.5 Å². The van der Waals surface area contributed by atoms with E-state index in [9.17, 15) is 65.4 Å². The third-order valence-electron chi connectivity index (χ3n) is 12.5. The molecule has 20 nitrogen and oxygen atoms in total. The summed E-state index contributed by atoms with van der Waals surface area (Å²) in [5.41, 5.74) is 7.43. The second-order valence-corrected chi connectivity index (χ2v) is 24.2. The summed E-state index contributed by atoms with van der Waals surface area (Å²) >= 11 is 0. The number of primary sulfonamides is 1. The molecule has 0 saturated heterocycles. The van der Waals surface area contributed by atoms with Crippen molar-refractivity contribution in [2.75, 3.05) is 4.72 Å². The van der Waals surface area contributed by atoms with Crippen molar-refractivity contribution in [3.63, 3.8) is 0 Å². The standard InChI is InChI=1S/C17H19N3O3S.2C12H12O4.C11H13NO3S.2C10H10O/c1-11(2)16(21)10-14-5-7-15(8-6-14)24(22,23)20-17-18-12(3)9-13(4)19-17;1-7(2)11(14)6-8-3-4-10(13)9(5-8)12(15)16;1-7(2)10(13)5-8-3-4-9(12(15)16)11(14)6-8;1-8(2)11(13)7-9-3-5-10(6-4-9)16(12,14)15;2*1-2-10(11)8-9-6-4-3-5-7-9/h5-9H,1,10H2,2-4H3,(H,18,19,20);3-5,13H,1,6H2,2H3,(H,15,16);3-4,6,14H,1,5H2,2H3,(H,15,16);3-6H,1,7H2,2H3,(H2,12,14,15);2*2-7H,1,8H2. The highest BCUT2D eigenvalue weighted by atomic mass is 32.2. The van der Waals surface area contributed by atoms with Gasteiger partial charge < -0.3 is 20.4 Å². The Morgan fingerprint density at radius 2 is 0.766 bits per heavy atom. The first kappa shape index (κ1) is 79.2. The highest BCUT2D eigenvalue weighted by Gasteiger charge is 2.18. The zero-order valence-electron chi connectivity index (χ0n) is 53.0. The fourth-order valence-electron chi connectivity index (χ4n) is 7.35. The summed E-state index contributed by atoms with van der Waals surface area (Å²) in [6.45, 7) is 31.0. The lowest BCUT2D eigenvalue weighted by molar-refractivity contribution is -0.115. The predicted octanol–water partition coefficient (Wildman–Crippen LogP) is 11.1. The number of nitrogens with one attached hydrogen (secondary N) is 1. The molecule has 0 atom stereocenters. The van der Waals surface area contributed by atoms with Crippen LogP contribution in [0.1, 0.15) is 93.2 Å². The molecular formula is C72H76N4O16S2. The fourth-order valence-corrected chi connectivity index (χ4v) is 8.81. The second kappa shape index (κ2) is 38.7. The van der Waals surface area contributed by atoms with Gasteiger partial charge in [0.15, 0.2) is 34.7 Å². The minimum atomic E-state index is -3.79. The van der Waals surface area contributed by atoms with E-state index in [2.05, 4.69) is 54.2 Å². The maximum Gasteiger partial charge on any atom is 0.339 e. The second-order valence-electron chi connectivity index (χ2n) is 20.9. The largest absolute Gasteiger partial charge is 0.507 e. The SMILES string of the molecule is C=C(C)C(=O)Cc1ccc(C(=O)O)c(O)c1.C=C(C)C(=O)Cc1ccc(O)c(C(=O)O)c1.C=C(C)C(=O)Cc1ccc(S(=O)(=O)Nc2nc(C)cc(C)n2)cc1.C=C(C)C(=O)Cc1ccc(S(N)(=O)=O)cc1.C=CC(=O)Cc1ccccc1.C=CC(=O)Cc1ccccc1. The van der Waals surface area contributed by atoms with Crippen LogP contribution in [0, 0.1) is 13.8 Å². The Bertz CT molecular complexity index is 4100. The van der Waals surface area contributed by atoms with Gasteiger partial charge in [-0.15, -0.1) is 0 Å². The molecule has 7 rings (SSSR count). The summed E-state index contributed by atoms with van der Waals surface area (Å²) in [7, 11) is -7.45. The van der Waals surface area contributed by atoms with Crippen LogP contribution in [0.4, 0.5) is 5.95 Å². The number of phenols is 2. The van der Waals surface area contributed by atoms with Crippen LogP contribution >= 0.6 is 0 Å². The van der Waals surface area contributed by atoms with Crippen molar-refractivity contribution in [1.82, 2.24) is 9.97 Å². The number of rotatable bonds is 24. The number of sulfonamides is 2. The quantitative estimate of drug-likeness (QED) is 0.0306. The number of carbonyl (C=O) groups is 8. The Hall–Kier alpha value is -10.9. The average molecular weight is 1320 g/mol. The predicted molar refractivity (Wildman–Crippen MR) is 362 cm³/mol. The van der Waals surface area contributed by atoms with Crippen molar-refractivity contribution in [2.24, 2.45) is 5.14 Å². The van der Waals surface area contributed by atoms with Gasteiger partial charge in [-0.2, -0.15) is 0 Å². The lowest BCUT2D eigenvalue weighted by Crippen LogP contribution is -2.16. The zero-order chi connectivity index (χ0) is 71.0. The van der Waals surface area contributed by atoms with Gasteiger partial charge in [-0.3, -0.25) is 28.8 Å². The third-order valence-corrected chi connectivity index (χ3v) is 14.8. The van der Waals surface area contributed by atoms with Crippen LogP contribution < -0.4 is 9.86 Å². The molecule has 1 heterocycles. The van der Waals surface area contributed by atoms with Crippen LogP contribution in [-0.4, -0.2) is 93.9 Å². The van der Waals surface area contributed by atoms with E-state index in [0.717, 1.165) is 22.3 Å². The van der Waals surface area contributed by atoms with Crippen molar-refractivity contribution >= 4 is 72.6 Å². The van der Waals surface area contributed by atoms with Crippen molar-refractivity contribution in [3.05, 3.63) is 281 Å². The van der Waals surface area contributed by atoms with Crippen LogP contribution in [0.25, 0.3) is 0 Å². The lowest BCUT2D eigenvalue weighted by atomic mass is 10.0. The summed E-state index contributed by atoms with van der Waals surface area (Å²) < 4.78 is 49.1. The number of allylic oxidation sites excluding steroid dienone is 6. The summed E-state index contributed by atoms with van der Waals surface area (Å²) in [5.74, 6) is -3.32. The number of carboxylic acid groups (broad SMARTS) is 2. The number of nitrogens with two attached hydrogens (primary N) is 1.